The van der Waals surface area contributed by atoms with E-state index >= 15 is 0 Å². The molecule has 0 aromatic carbocycles. The zero-order valence-corrected chi connectivity index (χ0v) is 5.69. The largest absolute Gasteiger partial charge is 0.417 e. The highest BCUT2D eigenvalue weighted by Gasteiger charge is 2.55. The Kier molecular flexibility index (Phi) is 2.30. The molecule has 1 heterocycles. The molecule has 72 valence electrons. The van der Waals surface area contributed by atoms with Crippen LogP contribution in [0.15, 0.2) is 0 Å². The van der Waals surface area contributed by atoms with E-state index in [1.807, 2.05) is 0 Å². The first kappa shape index (κ1) is 9.72. The fraction of sp³-hybridized carbons (Fsp3) is 1.00. The summed E-state index contributed by atoms with van der Waals surface area (Å²) in [6.45, 7) is 0. The third-order valence-corrected chi connectivity index (χ3v) is 1.56. The van der Waals surface area contributed by atoms with E-state index in [4.69, 9.17) is 15.3 Å². The summed E-state index contributed by atoms with van der Waals surface area (Å²) in [7, 11) is 0. The van der Waals surface area contributed by atoms with Gasteiger partial charge in [0.05, 0.1) is 0 Å². The second kappa shape index (κ2) is 2.84. The average molecular weight is 188 g/mol. The van der Waals surface area contributed by atoms with Gasteiger partial charge in [0.25, 0.3) is 0 Å². The maximum Gasteiger partial charge on any atom is 0.417 e. The van der Waals surface area contributed by atoms with Crippen LogP contribution in [0.4, 0.5) is 13.2 Å². The highest BCUT2D eigenvalue weighted by molar-refractivity contribution is 4.89. The lowest BCUT2D eigenvalue weighted by Crippen LogP contribution is -2.40. The lowest BCUT2D eigenvalue weighted by Gasteiger charge is -2.16. The molecular formula is C5H7F3O4. The normalized spacial score (nSPS) is 43.5. The van der Waals surface area contributed by atoms with Gasteiger partial charge in [-0.05, 0) is 0 Å². The van der Waals surface area contributed by atoms with Crippen LogP contribution in [0, 0.1) is 0 Å². The molecule has 1 aliphatic rings. The van der Waals surface area contributed by atoms with E-state index in [2.05, 4.69) is 4.74 Å². The molecule has 4 nitrogen and oxygen atoms in total. The Bertz CT molecular complexity index is 171. The van der Waals surface area contributed by atoms with Gasteiger partial charge in [0.2, 0.25) is 0 Å². The number of aliphatic hydroxyl groups excluding tert-OH is 3. The summed E-state index contributed by atoms with van der Waals surface area (Å²) in [6.07, 6.45) is -13.3. The molecule has 0 aromatic rings. The first-order valence-corrected chi connectivity index (χ1v) is 3.10. The number of aliphatic hydroxyl groups is 3. The van der Waals surface area contributed by atoms with Gasteiger partial charge in [-0.25, -0.2) is 0 Å². The summed E-state index contributed by atoms with van der Waals surface area (Å²) >= 11 is 0. The molecule has 0 amide bonds. The van der Waals surface area contributed by atoms with Crippen molar-refractivity contribution in [2.45, 2.75) is 30.8 Å². The van der Waals surface area contributed by atoms with Crippen LogP contribution in [0.5, 0.6) is 0 Å². The van der Waals surface area contributed by atoms with Gasteiger partial charge < -0.3 is 20.1 Å². The number of halogens is 3. The van der Waals surface area contributed by atoms with Crippen molar-refractivity contribution in [1.29, 1.82) is 0 Å². The average Bonchev–Trinajstić information content (AvgIpc) is 2.15. The SMILES string of the molecule is O[C@@H]1[C@H](O)[C@H](C(F)(F)F)O[C@H]1O. The Balaban J connectivity index is 2.71. The first-order chi connectivity index (χ1) is 5.34. The predicted molar refractivity (Wildman–Crippen MR) is 28.9 cm³/mol. The van der Waals surface area contributed by atoms with Crippen LogP contribution in [0.3, 0.4) is 0 Å². The van der Waals surface area contributed by atoms with Crippen molar-refractivity contribution >= 4 is 0 Å². The van der Waals surface area contributed by atoms with Crippen LogP contribution in [-0.4, -0.2) is 46.1 Å². The van der Waals surface area contributed by atoms with Crippen molar-refractivity contribution in [3.8, 4) is 0 Å². The van der Waals surface area contributed by atoms with E-state index in [1.54, 1.807) is 0 Å². The van der Waals surface area contributed by atoms with Crippen LogP contribution >= 0.6 is 0 Å². The Morgan fingerprint density at radius 2 is 1.50 bits per heavy atom. The number of hydrogen-bond acceptors (Lipinski definition) is 4. The first-order valence-electron chi connectivity index (χ1n) is 3.10. The van der Waals surface area contributed by atoms with E-state index in [9.17, 15) is 13.2 Å². The predicted octanol–water partition coefficient (Wildman–Crippen LogP) is -1.01. The molecule has 3 N–H and O–H groups in total. The molecule has 1 saturated heterocycles. The van der Waals surface area contributed by atoms with Crippen molar-refractivity contribution in [2.75, 3.05) is 0 Å². The standard InChI is InChI=1S/C5H7F3O4/c6-5(7,8)3-1(9)2(10)4(11)12-3/h1-4,9-11H/t1-,2+,3+,4+/m0/s1. The van der Waals surface area contributed by atoms with E-state index in [0.717, 1.165) is 0 Å². The Labute approximate surface area is 65.2 Å². The summed E-state index contributed by atoms with van der Waals surface area (Å²) in [5.41, 5.74) is 0. The van der Waals surface area contributed by atoms with Gasteiger partial charge in [0, 0.05) is 0 Å². The lowest BCUT2D eigenvalue weighted by molar-refractivity contribution is -0.248. The molecular weight excluding hydrogens is 181 g/mol. The Morgan fingerprint density at radius 3 is 1.67 bits per heavy atom. The van der Waals surface area contributed by atoms with Crippen LogP contribution in [0.2, 0.25) is 0 Å². The molecule has 0 radical (unpaired) electrons. The van der Waals surface area contributed by atoms with Gasteiger partial charge in [-0.2, -0.15) is 13.2 Å². The number of hydrogen-bond donors (Lipinski definition) is 3. The van der Waals surface area contributed by atoms with E-state index in [1.165, 1.54) is 0 Å². The molecule has 12 heavy (non-hydrogen) atoms. The molecule has 0 aromatic heterocycles. The number of rotatable bonds is 0. The van der Waals surface area contributed by atoms with Gasteiger partial charge in [-0.1, -0.05) is 0 Å². The molecule has 0 bridgehead atoms. The van der Waals surface area contributed by atoms with E-state index in [-0.39, 0.29) is 0 Å². The minimum atomic E-state index is -4.78. The maximum absolute atomic E-state index is 11.9. The summed E-state index contributed by atoms with van der Waals surface area (Å²) in [4.78, 5) is 0. The molecule has 0 spiro atoms. The minimum absolute atomic E-state index is 1.91. The fourth-order valence-corrected chi connectivity index (χ4v) is 0.930. The van der Waals surface area contributed by atoms with Gasteiger partial charge in [-0.15, -0.1) is 0 Å². The number of alkyl halides is 3. The van der Waals surface area contributed by atoms with Gasteiger partial charge in [0.1, 0.15) is 12.2 Å². The van der Waals surface area contributed by atoms with Crippen molar-refractivity contribution < 1.29 is 33.2 Å². The topological polar surface area (TPSA) is 69.9 Å². The van der Waals surface area contributed by atoms with Crippen molar-refractivity contribution in [3.05, 3.63) is 0 Å². The molecule has 0 saturated carbocycles. The summed E-state index contributed by atoms with van der Waals surface area (Å²) in [5.74, 6) is 0. The molecule has 4 atom stereocenters. The zero-order chi connectivity index (χ0) is 9.52. The van der Waals surface area contributed by atoms with Gasteiger partial charge in [-0.3, -0.25) is 0 Å². The second-order valence-electron chi connectivity index (χ2n) is 2.47. The summed E-state index contributed by atoms with van der Waals surface area (Å²) in [6, 6.07) is 0. The second-order valence-corrected chi connectivity index (χ2v) is 2.47. The fourth-order valence-electron chi connectivity index (χ4n) is 0.930. The van der Waals surface area contributed by atoms with Crippen LogP contribution in [-0.2, 0) is 4.74 Å². The summed E-state index contributed by atoms with van der Waals surface area (Å²) < 4.78 is 39.4. The van der Waals surface area contributed by atoms with Crippen molar-refractivity contribution in [1.82, 2.24) is 0 Å². The molecule has 1 rings (SSSR count). The highest BCUT2D eigenvalue weighted by Crippen LogP contribution is 2.32. The lowest BCUT2D eigenvalue weighted by atomic mass is 10.1. The third-order valence-electron chi connectivity index (χ3n) is 1.56. The summed E-state index contributed by atoms with van der Waals surface area (Å²) in [5, 5.41) is 26.0. The van der Waals surface area contributed by atoms with Crippen LogP contribution in [0.1, 0.15) is 0 Å². The molecule has 7 heteroatoms. The molecule has 0 aliphatic carbocycles. The maximum atomic E-state index is 11.9. The van der Waals surface area contributed by atoms with E-state index < -0.39 is 30.8 Å². The highest BCUT2D eigenvalue weighted by atomic mass is 19.4. The Hall–Kier alpha value is -0.370. The Morgan fingerprint density at radius 1 is 1.00 bits per heavy atom. The zero-order valence-electron chi connectivity index (χ0n) is 5.69. The molecule has 0 unspecified atom stereocenters. The van der Waals surface area contributed by atoms with Crippen molar-refractivity contribution in [3.63, 3.8) is 0 Å². The third kappa shape index (κ3) is 1.53. The van der Waals surface area contributed by atoms with Crippen LogP contribution < -0.4 is 0 Å². The monoisotopic (exact) mass is 188 g/mol. The minimum Gasteiger partial charge on any atom is -0.387 e. The van der Waals surface area contributed by atoms with Gasteiger partial charge in [0.15, 0.2) is 12.4 Å². The van der Waals surface area contributed by atoms with Gasteiger partial charge >= 0.3 is 6.18 Å². The quantitative estimate of drug-likeness (QED) is 0.455. The van der Waals surface area contributed by atoms with Crippen molar-refractivity contribution in [2.24, 2.45) is 0 Å². The number of ether oxygens (including phenoxy) is 1. The van der Waals surface area contributed by atoms with E-state index in [0.29, 0.717) is 0 Å². The molecule has 1 fully saturated rings. The molecule has 1 aliphatic heterocycles. The van der Waals surface area contributed by atoms with Crippen LogP contribution in [0.25, 0.3) is 0 Å². The smallest absolute Gasteiger partial charge is 0.387 e.